The minimum atomic E-state index is 0.194. The number of likely N-dealkylation sites (N-methyl/N-ethyl adjacent to an activating group) is 1. The first-order chi connectivity index (χ1) is 10.0. The highest BCUT2D eigenvalue weighted by atomic mass is 35.5. The van der Waals surface area contributed by atoms with Crippen LogP contribution in [-0.2, 0) is 4.74 Å². The van der Waals surface area contributed by atoms with Gasteiger partial charge in [0, 0.05) is 25.7 Å². The first-order valence-electron chi connectivity index (χ1n) is 7.39. The summed E-state index contributed by atoms with van der Waals surface area (Å²) in [5.74, 6) is 0. The summed E-state index contributed by atoms with van der Waals surface area (Å²) in [4.78, 5) is 2.41. The van der Waals surface area contributed by atoms with Crippen LogP contribution < -0.4 is 5.32 Å². The Bertz CT molecular complexity index is 429. The molecule has 0 heterocycles. The van der Waals surface area contributed by atoms with Crippen molar-refractivity contribution in [3.63, 3.8) is 0 Å². The first kappa shape index (κ1) is 18.7. The van der Waals surface area contributed by atoms with Crippen LogP contribution in [0.1, 0.15) is 31.9 Å². The largest absolute Gasteiger partial charge is 0.383 e. The van der Waals surface area contributed by atoms with Gasteiger partial charge in [0.15, 0.2) is 0 Å². The summed E-state index contributed by atoms with van der Waals surface area (Å²) in [5.41, 5.74) is 1.06. The molecule has 5 heteroatoms. The average Bonchev–Trinajstić information content (AvgIpc) is 2.47. The molecule has 0 aromatic heterocycles. The molecule has 0 aliphatic carbocycles. The van der Waals surface area contributed by atoms with Gasteiger partial charge >= 0.3 is 0 Å². The van der Waals surface area contributed by atoms with Crippen molar-refractivity contribution in [2.24, 2.45) is 0 Å². The number of halogens is 2. The molecular formula is C16H26Cl2N2O. The summed E-state index contributed by atoms with van der Waals surface area (Å²) in [7, 11) is 3.70. The van der Waals surface area contributed by atoms with Crippen LogP contribution in [0, 0.1) is 0 Å². The third-order valence-electron chi connectivity index (χ3n) is 3.85. The van der Waals surface area contributed by atoms with Crippen molar-refractivity contribution in [2.45, 2.75) is 32.4 Å². The quantitative estimate of drug-likeness (QED) is 0.739. The van der Waals surface area contributed by atoms with Gasteiger partial charge in [-0.15, -0.1) is 0 Å². The van der Waals surface area contributed by atoms with Crippen LogP contribution >= 0.6 is 23.2 Å². The van der Waals surface area contributed by atoms with Gasteiger partial charge in [-0.05, 0) is 38.6 Å². The number of benzene rings is 1. The molecule has 0 aliphatic rings. The molecule has 0 saturated carbocycles. The van der Waals surface area contributed by atoms with E-state index in [1.807, 2.05) is 25.2 Å². The van der Waals surface area contributed by atoms with Crippen molar-refractivity contribution >= 4 is 23.2 Å². The summed E-state index contributed by atoms with van der Waals surface area (Å²) < 4.78 is 5.24. The van der Waals surface area contributed by atoms with Crippen LogP contribution in [0.15, 0.2) is 18.2 Å². The number of rotatable bonds is 9. The summed E-state index contributed by atoms with van der Waals surface area (Å²) in [5, 5.41) is 4.59. The molecule has 1 aromatic rings. The first-order valence-corrected chi connectivity index (χ1v) is 8.14. The molecule has 2 unspecified atom stereocenters. The summed E-state index contributed by atoms with van der Waals surface area (Å²) in [6.45, 7) is 7.09. The van der Waals surface area contributed by atoms with Crippen LogP contribution in [0.3, 0.4) is 0 Å². The Morgan fingerprint density at radius 1 is 1.33 bits per heavy atom. The lowest BCUT2D eigenvalue weighted by Crippen LogP contribution is -2.38. The number of methoxy groups -OCH3 is 1. The Balaban J connectivity index is 2.71. The maximum absolute atomic E-state index is 6.32. The number of nitrogens with one attached hydrogen (secondary N) is 1. The van der Waals surface area contributed by atoms with E-state index in [0.717, 1.165) is 31.7 Å². The van der Waals surface area contributed by atoms with Crippen molar-refractivity contribution in [1.82, 2.24) is 10.2 Å². The van der Waals surface area contributed by atoms with E-state index < -0.39 is 0 Å². The molecule has 21 heavy (non-hydrogen) atoms. The number of ether oxygens (including phenoxy) is 1. The molecular weight excluding hydrogens is 307 g/mol. The fourth-order valence-corrected chi connectivity index (χ4v) is 3.02. The zero-order valence-electron chi connectivity index (χ0n) is 13.3. The molecule has 0 bridgehead atoms. The average molecular weight is 333 g/mol. The summed E-state index contributed by atoms with van der Waals surface area (Å²) in [6.07, 6.45) is 0.971. The Labute approximate surface area is 138 Å². The van der Waals surface area contributed by atoms with Gasteiger partial charge in [0.25, 0.3) is 0 Å². The highest BCUT2D eigenvalue weighted by molar-refractivity contribution is 6.42. The highest BCUT2D eigenvalue weighted by Crippen LogP contribution is 2.31. The second kappa shape index (κ2) is 9.65. The monoisotopic (exact) mass is 332 g/mol. The predicted octanol–water partition coefficient (Wildman–Crippen LogP) is 4.00. The van der Waals surface area contributed by atoms with E-state index in [-0.39, 0.29) is 6.04 Å². The predicted molar refractivity (Wildman–Crippen MR) is 91.5 cm³/mol. The molecule has 0 spiro atoms. The maximum Gasteiger partial charge on any atom is 0.0640 e. The second-order valence-electron chi connectivity index (χ2n) is 5.21. The minimum absolute atomic E-state index is 0.194. The Morgan fingerprint density at radius 2 is 2.05 bits per heavy atom. The van der Waals surface area contributed by atoms with Crippen molar-refractivity contribution in [3.8, 4) is 0 Å². The van der Waals surface area contributed by atoms with E-state index in [1.165, 1.54) is 0 Å². The standard InChI is InChI=1S/C16H26Cl2N2O/c1-5-20(12(2)11-21-4)10-9-15(19-3)13-7-6-8-14(17)16(13)18/h6-8,12,15,19H,5,9-11H2,1-4H3. The van der Waals surface area contributed by atoms with Crippen molar-refractivity contribution < 1.29 is 4.74 Å². The van der Waals surface area contributed by atoms with E-state index in [4.69, 9.17) is 27.9 Å². The van der Waals surface area contributed by atoms with Gasteiger partial charge in [-0.2, -0.15) is 0 Å². The van der Waals surface area contributed by atoms with Gasteiger partial charge in [-0.1, -0.05) is 42.3 Å². The normalized spacial score (nSPS) is 14.4. The molecule has 0 amide bonds. The number of hydrogen-bond donors (Lipinski definition) is 1. The summed E-state index contributed by atoms with van der Waals surface area (Å²) in [6, 6.07) is 6.40. The fourth-order valence-electron chi connectivity index (χ4n) is 2.58. The minimum Gasteiger partial charge on any atom is -0.383 e. The van der Waals surface area contributed by atoms with Crippen LogP contribution in [0.5, 0.6) is 0 Å². The van der Waals surface area contributed by atoms with Crippen LogP contribution in [0.2, 0.25) is 10.0 Å². The molecule has 0 fully saturated rings. The second-order valence-corrected chi connectivity index (χ2v) is 5.99. The van der Waals surface area contributed by atoms with E-state index in [1.54, 1.807) is 7.11 Å². The third kappa shape index (κ3) is 5.42. The smallest absolute Gasteiger partial charge is 0.0640 e. The third-order valence-corrected chi connectivity index (χ3v) is 4.68. The van der Waals surface area contributed by atoms with Crippen LogP contribution in [-0.4, -0.2) is 44.8 Å². The van der Waals surface area contributed by atoms with Gasteiger partial charge in [0.1, 0.15) is 0 Å². The molecule has 0 saturated heterocycles. The number of nitrogens with zero attached hydrogens (tertiary/aromatic N) is 1. The van der Waals surface area contributed by atoms with Crippen LogP contribution in [0.4, 0.5) is 0 Å². The molecule has 1 rings (SSSR count). The lowest BCUT2D eigenvalue weighted by atomic mass is 10.0. The van der Waals surface area contributed by atoms with Crippen molar-refractivity contribution in [3.05, 3.63) is 33.8 Å². The SMILES string of the molecule is CCN(CCC(NC)c1cccc(Cl)c1Cl)C(C)COC. The highest BCUT2D eigenvalue weighted by Gasteiger charge is 2.18. The number of hydrogen-bond acceptors (Lipinski definition) is 3. The van der Waals surface area contributed by atoms with Gasteiger partial charge < -0.3 is 10.1 Å². The fraction of sp³-hybridized carbons (Fsp3) is 0.625. The van der Waals surface area contributed by atoms with Crippen molar-refractivity contribution in [2.75, 3.05) is 33.9 Å². The maximum atomic E-state index is 6.32. The van der Waals surface area contributed by atoms with E-state index in [2.05, 4.69) is 24.1 Å². The molecule has 1 N–H and O–H groups in total. The van der Waals surface area contributed by atoms with Crippen molar-refractivity contribution in [1.29, 1.82) is 0 Å². The Morgan fingerprint density at radius 3 is 2.62 bits per heavy atom. The van der Waals surface area contributed by atoms with Gasteiger partial charge in [0.2, 0.25) is 0 Å². The van der Waals surface area contributed by atoms with E-state index >= 15 is 0 Å². The zero-order valence-corrected chi connectivity index (χ0v) is 14.8. The zero-order chi connectivity index (χ0) is 15.8. The molecule has 0 aliphatic heterocycles. The van der Waals surface area contributed by atoms with E-state index in [0.29, 0.717) is 16.1 Å². The Hall–Kier alpha value is -0.320. The molecule has 0 radical (unpaired) electrons. The molecule has 120 valence electrons. The van der Waals surface area contributed by atoms with Gasteiger partial charge in [-0.3, -0.25) is 4.90 Å². The van der Waals surface area contributed by atoms with Gasteiger partial charge in [-0.25, -0.2) is 0 Å². The van der Waals surface area contributed by atoms with E-state index in [9.17, 15) is 0 Å². The van der Waals surface area contributed by atoms with Gasteiger partial charge in [0.05, 0.1) is 16.7 Å². The summed E-state index contributed by atoms with van der Waals surface area (Å²) >= 11 is 12.4. The Kier molecular flexibility index (Phi) is 8.60. The lowest BCUT2D eigenvalue weighted by molar-refractivity contribution is 0.0998. The van der Waals surface area contributed by atoms with Crippen LogP contribution in [0.25, 0.3) is 0 Å². The molecule has 3 nitrogen and oxygen atoms in total. The molecule has 1 aromatic carbocycles. The molecule has 2 atom stereocenters. The lowest BCUT2D eigenvalue weighted by Gasteiger charge is -2.29. The topological polar surface area (TPSA) is 24.5 Å².